The Balaban J connectivity index is 1.86. The molecule has 3 heterocycles. The fraction of sp³-hybridized carbons (Fsp3) is 0.565. The number of alkyl halides is 2. The first-order valence-electron chi connectivity index (χ1n) is 12.0. The third kappa shape index (κ3) is 5.39. The Hall–Kier alpha value is -3.04. The SMILES string of the molecule is COc1ncnc(OC)c1-n1c(CS(=O)(=O)[C@@H](C)[C@H](OC)c2ncc(Cl)cn2)nnc1C1(C(F)F)CCCC1. The van der Waals surface area contributed by atoms with E-state index in [0.717, 1.165) is 0 Å². The molecule has 1 aliphatic carbocycles. The van der Waals surface area contributed by atoms with Crippen molar-refractivity contribution in [3.05, 3.63) is 41.2 Å². The second-order valence-corrected chi connectivity index (χ2v) is 11.9. The van der Waals surface area contributed by atoms with E-state index >= 15 is 0 Å². The van der Waals surface area contributed by atoms with Gasteiger partial charge >= 0.3 is 0 Å². The Morgan fingerprint density at radius 1 is 1.03 bits per heavy atom. The smallest absolute Gasteiger partial charge is 0.251 e. The summed E-state index contributed by atoms with van der Waals surface area (Å²) < 4.78 is 74.1. The summed E-state index contributed by atoms with van der Waals surface area (Å²) in [7, 11) is -0.0722. The van der Waals surface area contributed by atoms with Crippen molar-refractivity contribution in [2.45, 2.75) is 61.6 Å². The molecule has 0 radical (unpaired) electrons. The quantitative estimate of drug-likeness (QED) is 0.326. The average Bonchev–Trinajstić information content (AvgIpc) is 3.57. The lowest BCUT2D eigenvalue weighted by Gasteiger charge is -2.28. The third-order valence-corrected chi connectivity index (χ3v) is 9.16. The molecule has 39 heavy (non-hydrogen) atoms. The van der Waals surface area contributed by atoms with Crippen molar-refractivity contribution in [3.63, 3.8) is 0 Å². The molecule has 0 bridgehead atoms. The van der Waals surface area contributed by atoms with E-state index in [-0.39, 0.29) is 52.8 Å². The minimum atomic E-state index is -4.07. The Morgan fingerprint density at radius 2 is 1.62 bits per heavy atom. The number of hydrogen-bond donors (Lipinski definition) is 0. The number of nitrogens with zero attached hydrogens (tertiary/aromatic N) is 7. The van der Waals surface area contributed by atoms with E-state index in [9.17, 15) is 17.2 Å². The monoisotopic (exact) mass is 587 g/mol. The zero-order valence-electron chi connectivity index (χ0n) is 21.7. The van der Waals surface area contributed by atoms with Crippen molar-refractivity contribution in [2.24, 2.45) is 0 Å². The Bertz CT molecular complexity index is 1380. The Kier molecular flexibility index (Phi) is 8.61. The molecule has 1 fully saturated rings. The van der Waals surface area contributed by atoms with Crippen LogP contribution < -0.4 is 9.47 Å². The van der Waals surface area contributed by atoms with Crippen molar-refractivity contribution in [3.8, 4) is 17.4 Å². The predicted molar refractivity (Wildman–Crippen MR) is 135 cm³/mol. The van der Waals surface area contributed by atoms with Crippen LogP contribution in [-0.4, -0.2) is 76.1 Å². The molecule has 0 aromatic carbocycles. The van der Waals surface area contributed by atoms with Crippen molar-refractivity contribution in [2.75, 3.05) is 21.3 Å². The minimum Gasteiger partial charge on any atom is -0.479 e. The molecular formula is C23H28ClF2N7O5S. The molecule has 1 aliphatic rings. The molecule has 0 amide bonds. The first kappa shape index (κ1) is 29.0. The summed E-state index contributed by atoms with van der Waals surface area (Å²) in [5, 5.41) is 7.34. The highest BCUT2D eigenvalue weighted by molar-refractivity contribution is 7.91. The van der Waals surface area contributed by atoms with E-state index in [1.807, 2.05) is 0 Å². The van der Waals surface area contributed by atoms with Crippen LogP contribution in [0.1, 0.15) is 56.2 Å². The molecule has 3 aromatic heterocycles. The molecule has 3 aromatic rings. The van der Waals surface area contributed by atoms with Gasteiger partial charge in [-0.3, -0.25) is 4.57 Å². The van der Waals surface area contributed by atoms with Crippen LogP contribution in [0.25, 0.3) is 5.69 Å². The summed E-state index contributed by atoms with van der Waals surface area (Å²) in [4.78, 5) is 16.3. The topological polar surface area (TPSA) is 144 Å². The first-order valence-corrected chi connectivity index (χ1v) is 14.1. The summed E-state index contributed by atoms with van der Waals surface area (Å²) in [5.74, 6) is -0.870. The van der Waals surface area contributed by atoms with Crippen LogP contribution in [0, 0.1) is 0 Å². The second kappa shape index (κ2) is 11.6. The van der Waals surface area contributed by atoms with Crippen LogP contribution in [-0.2, 0) is 25.7 Å². The number of ether oxygens (including phenoxy) is 3. The zero-order chi connectivity index (χ0) is 28.4. The molecule has 0 unspecified atom stereocenters. The van der Waals surface area contributed by atoms with Gasteiger partial charge in [0.2, 0.25) is 11.8 Å². The van der Waals surface area contributed by atoms with Gasteiger partial charge in [0.25, 0.3) is 6.43 Å². The number of methoxy groups -OCH3 is 3. The Morgan fingerprint density at radius 3 is 2.13 bits per heavy atom. The van der Waals surface area contributed by atoms with Crippen molar-refractivity contribution < 1.29 is 31.4 Å². The minimum absolute atomic E-state index is 0.0246. The van der Waals surface area contributed by atoms with Gasteiger partial charge in [0.1, 0.15) is 24.0 Å². The van der Waals surface area contributed by atoms with Crippen LogP contribution in [0.15, 0.2) is 18.7 Å². The summed E-state index contributed by atoms with van der Waals surface area (Å²) in [6.07, 6.45) is 1.40. The number of sulfone groups is 1. The van der Waals surface area contributed by atoms with E-state index in [0.29, 0.717) is 12.8 Å². The predicted octanol–water partition coefficient (Wildman–Crippen LogP) is 3.29. The molecule has 0 N–H and O–H groups in total. The van der Waals surface area contributed by atoms with Gasteiger partial charge in [-0.1, -0.05) is 24.4 Å². The number of hydrogen-bond acceptors (Lipinski definition) is 11. The Labute approximate surface area is 229 Å². The molecule has 2 atom stereocenters. The fourth-order valence-electron chi connectivity index (χ4n) is 4.83. The van der Waals surface area contributed by atoms with Gasteiger partial charge in [-0.15, -0.1) is 10.2 Å². The zero-order valence-corrected chi connectivity index (χ0v) is 23.3. The lowest BCUT2D eigenvalue weighted by atomic mass is 9.85. The van der Waals surface area contributed by atoms with E-state index in [1.165, 1.54) is 51.5 Å². The number of aromatic nitrogens is 7. The maximum atomic E-state index is 14.7. The van der Waals surface area contributed by atoms with Gasteiger partial charge in [-0.2, -0.15) is 9.97 Å². The number of rotatable bonds is 11. The van der Waals surface area contributed by atoms with Crippen LogP contribution in [0.2, 0.25) is 5.02 Å². The van der Waals surface area contributed by atoms with Crippen LogP contribution in [0.5, 0.6) is 11.8 Å². The molecule has 212 valence electrons. The highest BCUT2D eigenvalue weighted by atomic mass is 35.5. The first-order chi connectivity index (χ1) is 18.6. The lowest BCUT2D eigenvalue weighted by molar-refractivity contribution is 0.0459. The summed E-state index contributed by atoms with van der Waals surface area (Å²) in [5.41, 5.74) is -1.63. The average molecular weight is 588 g/mol. The molecule has 4 rings (SSSR count). The molecular weight excluding hydrogens is 560 g/mol. The van der Waals surface area contributed by atoms with E-state index in [2.05, 4.69) is 30.1 Å². The molecule has 1 saturated carbocycles. The van der Waals surface area contributed by atoms with Crippen LogP contribution in [0.3, 0.4) is 0 Å². The van der Waals surface area contributed by atoms with E-state index in [4.69, 9.17) is 25.8 Å². The molecule has 12 nitrogen and oxygen atoms in total. The van der Waals surface area contributed by atoms with Gasteiger partial charge in [-0.05, 0) is 19.8 Å². The normalized spacial score (nSPS) is 16.8. The summed E-state index contributed by atoms with van der Waals surface area (Å²) in [6, 6.07) is 0. The van der Waals surface area contributed by atoms with Crippen molar-refractivity contribution >= 4 is 21.4 Å². The highest BCUT2D eigenvalue weighted by Gasteiger charge is 2.49. The highest BCUT2D eigenvalue weighted by Crippen LogP contribution is 2.47. The van der Waals surface area contributed by atoms with Gasteiger partial charge < -0.3 is 14.2 Å². The third-order valence-electron chi connectivity index (χ3n) is 6.93. The van der Waals surface area contributed by atoms with Gasteiger partial charge in [0.05, 0.1) is 29.9 Å². The van der Waals surface area contributed by atoms with Crippen molar-refractivity contribution in [1.82, 2.24) is 34.7 Å². The largest absolute Gasteiger partial charge is 0.479 e. The second-order valence-electron chi connectivity index (χ2n) is 9.11. The lowest BCUT2D eigenvalue weighted by Crippen LogP contribution is -2.35. The van der Waals surface area contributed by atoms with Gasteiger partial charge in [0, 0.05) is 19.5 Å². The van der Waals surface area contributed by atoms with E-state index < -0.39 is 38.8 Å². The molecule has 0 saturated heterocycles. The summed E-state index contributed by atoms with van der Waals surface area (Å²) in [6.45, 7) is 1.44. The van der Waals surface area contributed by atoms with Gasteiger partial charge in [-0.25, -0.2) is 27.2 Å². The fourth-order valence-corrected chi connectivity index (χ4v) is 6.34. The number of halogens is 3. The van der Waals surface area contributed by atoms with E-state index in [1.54, 1.807) is 0 Å². The van der Waals surface area contributed by atoms with Crippen molar-refractivity contribution in [1.29, 1.82) is 0 Å². The molecule has 16 heteroatoms. The standard InChI is InChI=1S/C23H28ClF2N7O5S/c1-13(17(36-2)18-27-9-14(24)10-28-18)39(34,35)11-15-31-32-22(23(21(25)26)7-5-6-8-23)33(15)16-19(37-3)29-12-30-20(16)38-4/h9-10,12-13,17,21H,5-8,11H2,1-4H3/t13-,17-/m0/s1. The van der Waals surface area contributed by atoms with Gasteiger partial charge in [0.15, 0.2) is 27.2 Å². The summed E-state index contributed by atoms with van der Waals surface area (Å²) >= 11 is 5.86. The molecule has 0 spiro atoms. The maximum Gasteiger partial charge on any atom is 0.251 e. The maximum absolute atomic E-state index is 14.7. The van der Waals surface area contributed by atoms with Crippen LogP contribution >= 0.6 is 11.6 Å². The van der Waals surface area contributed by atoms with Crippen LogP contribution in [0.4, 0.5) is 8.78 Å². The molecule has 0 aliphatic heterocycles.